The van der Waals surface area contributed by atoms with Gasteiger partial charge in [-0.05, 0) is 56.2 Å². The Labute approximate surface area is 150 Å². The van der Waals surface area contributed by atoms with E-state index in [-0.39, 0.29) is 0 Å². The zero-order valence-corrected chi connectivity index (χ0v) is 14.8. The fourth-order valence-corrected chi connectivity index (χ4v) is 2.94. The molecule has 0 bridgehead atoms. The molecule has 1 atom stereocenters. The van der Waals surface area contributed by atoms with Gasteiger partial charge in [-0.2, -0.15) is 0 Å². The Hall–Kier alpha value is -2.66. The molecule has 128 valence electrons. The molecular formula is C19H16ClNO4. The van der Waals surface area contributed by atoms with Crippen LogP contribution in [-0.2, 0) is 4.79 Å². The van der Waals surface area contributed by atoms with E-state index in [9.17, 15) is 14.4 Å². The fourth-order valence-electron chi connectivity index (χ4n) is 2.83. The minimum Gasteiger partial charge on any atom is -0.425 e. The normalized spacial score (nSPS) is 14.5. The lowest BCUT2D eigenvalue weighted by Crippen LogP contribution is -2.44. The summed E-state index contributed by atoms with van der Waals surface area (Å²) in [5.74, 6) is -1.34. The molecule has 0 unspecified atom stereocenters. The van der Waals surface area contributed by atoms with Gasteiger partial charge in [-0.25, -0.2) is 4.79 Å². The van der Waals surface area contributed by atoms with E-state index in [1.807, 2.05) is 0 Å². The largest absolute Gasteiger partial charge is 0.425 e. The third kappa shape index (κ3) is 2.91. The molecular weight excluding hydrogens is 342 g/mol. The molecule has 2 aromatic rings. The van der Waals surface area contributed by atoms with Crippen LogP contribution in [0.2, 0.25) is 5.02 Å². The monoisotopic (exact) mass is 357 g/mol. The molecule has 0 fully saturated rings. The SMILES string of the molecule is Cc1cc(OC(=O)[C@@H](C)N2C(=O)c3ccccc3C2=O)cc(C)c1Cl. The first-order valence-corrected chi connectivity index (χ1v) is 8.14. The molecule has 1 heterocycles. The van der Waals surface area contributed by atoms with Gasteiger partial charge in [0.15, 0.2) is 0 Å². The van der Waals surface area contributed by atoms with Crippen molar-refractivity contribution in [2.45, 2.75) is 26.8 Å². The van der Waals surface area contributed by atoms with Crippen LogP contribution >= 0.6 is 11.6 Å². The summed E-state index contributed by atoms with van der Waals surface area (Å²) in [5.41, 5.74) is 2.14. The molecule has 25 heavy (non-hydrogen) atoms. The van der Waals surface area contributed by atoms with Crippen molar-refractivity contribution in [3.63, 3.8) is 0 Å². The first-order valence-electron chi connectivity index (χ1n) is 7.76. The van der Waals surface area contributed by atoms with Crippen LogP contribution in [0.1, 0.15) is 38.8 Å². The molecule has 2 aromatic carbocycles. The van der Waals surface area contributed by atoms with E-state index in [1.165, 1.54) is 6.92 Å². The van der Waals surface area contributed by atoms with Gasteiger partial charge in [-0.1, -0.05) is 23.7 Å². The van der Waals surface area contributed by atoms with Gasteiger partial charge in [-0.15, -0.1) is 0 Å². The molecule has 0 saturated carbocycles. The predicted octanol–water partition coefficient (Wildman–Crippen LogP) is 3.55. The number of amides is 2. The highest BCUT2D eigenvalue weighted by Gasteiger charge is 2.41. The summed E-state index contributed by atoms with van der Waals surface area (Å²) in [4.78, 5) is 38.3. The third-order valence-corrected chi connectivity index (χ3v) is 4.78. The Morgan fingerprint density at radius 3 is 2.00 bits per heavy atom. The number of carbonyl (C=O) groups is 3. The van der Waals surface area contributed by atoms with Crippen LogP contribution in [0.25, 0.3) is 0 Å². The molecule has 5 nitrogen and oxygen atoms in total. The molecule has 6 heteroatoms. The van der Waals surface area contributed by atoms with Crippen LogP contribution in [0.15, 0.2) is 36.4 Å². The number of halogens is 1. The van der Waals surface area contributed by atoms with Crippen LogP contribution in [0.4, 0.5) is 0 Å². The number of rotatable bonds is 3. The van der Waals surface area contributed by atoms with Gasteiger partial charge in [0.1, 0.15) is 11.8 Å². The molecule has 0 radical (unpaired) electrons. The molecule has 0 aliphatic carbocycles. The number of nitrogens with zero attached hydrogens (tertiary/aromatic N) is 1. The lowest BCUT2D eigenvalue weighted by atomic mass is 10.1. The van der Waals surface area contributed by atoms with Crippen molar-refractivity contribution in [2.24, 2.45) is 0 Å². The van der Waals surface area contributed by atoms with Crippen molar-refractivity contribution in [2.75, 3.05) is 0 Å². The number of imide groups is 1. The Bertz CT molecular complexity index is 848. The average Bonchev–Trinajstić information content (AvgIpc) is 2.83. The molecule has 1 aliphatic rings. The van der Waals surface area contributed by atoms with Crippen molar-refractivity contribution >= 4 is 29.4 Å². The van der Waals surface area contributed by atoms with E-state index in [0.717, 1.165) is 16.0 Å². The molecule has 0 aromatic heterocycles. The van der Waals surface area contributed by atoms with E-state index in [2.05, 4.69) is 0 Å². The smallest absolute Gasteiger partial charge is 0.334 e. The van der Waals surface area contributed by atoms with Crippen molar-refractivity contribution in [3.8, 4) is 5.75 Å². The van der Waals surface area contributed by atoms with E-state index in [0.29, 0.717) is 21.9 Å². The number of ether oxygens (including phenoxy) is 1. The summed E-state index contributed by atoms with van der Waals surface area (Å²) in [6.07, 6.45) is 0. The van der Waals surface area contributed by atoms with E-state index < -0.39 is 23.8 Å². The number of hydrogen-bond donors (Lipinski definition) is 0. The summed E-state index contributed by atoms with van der Waals surface area (Å²) >= 11 is 6.10. The molecule has 2 amide bonds. The maximum absolute atomic E-state index is 12.4. The Kier molecular flexibility index (Phi) is 4.35. The maximum Gasteiger partial charge on any atom is 0.334 e. The van der Waals surface area contributed by atoms with E-state index in [4.69, 9.17) is 16.3 Å². The van der Waals surface area contributed by atoms with Crippen LogP contribution in [0, 0.1) is 13.8 Å². The quantitative estimate of drug-likeness (QED) is 0.479. The van der Waals surface area contributed by atoms with E-state index in [1.54, 1.807) is 50.2 Å². The van der Waals surface area contributed by atoms with Crippen LogP contribution in [-0.4, -0.2) is 28.7 Å². The number of benzene rings is 2. The number of esters is 1. The molecule has 3 rings (SSSR count). The van der Waals surface area contributed by atoms with Gasteiger partial charge in [0.05, 0.1) is 11.1 Å². The number of fused-ring (bicyclic) bond motifs is 1. The minimum absolute atomic E-state index is 0.297. The van der Waals surface area contributed by atoms with Gasteiger partial charge in [0.25, 0.3) is 11.8 Å². The Balaban J connectivity index is 1.82. The van der Waals surface area contributed by atoms with Crippen LogP contribution < -0.4 is 4.74 Å². The van der Waals surface area contributed by atoms with Crippen molar-refractivity contribution in [1.29, 1.82) is 0 Å². The van der Waals surface area contributed by atoms with Crippen molar-refractivity contribution in [3.05, 3.63) is 63.7 Å². The lowest BCUT2D eigenvalue weighted by molar-refractivity contribution is -0.138. The molecule has 0 spiro atoms. The van der Waals surface area contributed by atoms with Gasteiger partial charge < -0.3 is 4.74 Å². The average molecular weight is 358 g/mol. The van der Waals surface area contributed by atoms with Crippen molar-refractivity contribution < 1.29 is 19.1 Å². The highest BCUT2D eigenvalue weighted by atomic mass is 35.5. The second kappa shape index (κ2) is 6.33. The summed E-state index contributed by atoms with van der Waals surface area (Å²) < 4.78 is 5.36. The zero-order chi connectivity index (χ0) is 18.3. The standard InChI is InChI=1S/C19H16ClNO4/c1-10-8-13(9-11(2)16(10)20)25-19(24)12(3)21-17(22)14-6-4-5-7-15(14)18(21)23/h4-9,12H,1-3H3/t12-/m1/s1. The molecule has 0 saturated heterocycles. The first kappa shape index (κ1) is 17.2. The zero-order valence-electron chi connectivity index (χ0n) is 14.0. The summed E-state index contributed by atoms with van der Waals surface area (Å²) in [5, 5.41) is 0.605. The second-order valence-corrected chi connectivity index (χ2v) is 6.37. The molecule has 1 aliphatic heterocycles. The summed E-state index contributed by atoms with van der Waals surface area (Å²) in [6.45, 7) is 5.08. The first-order chi connectivity index (χ1) is 11.8. The fraction of sp³-hybridized carbons (Fsp3) is 0.211. The highest BCUT2D eigenvalue weighted by Crippen LogP contribution is 2.28. The topological polar surface area (TPSA) is 63.7 Å². The summed E-state index contributed by atoms with van der Waals surface area (Å²) in [7, 11) is 0. The number of aryl methyl sites for hydroxylation is 2. The van der Waals surface area contributed by atoms with Crippen molar-refractivity contribution in [1.82, 2.24) is 4.90 Å². The highest BCUT2D eigenvalue weighted by molar-refractivity contribution is 6.32. The van der Waals surface area contributed by atoms with Gasteiger partial charge >= 0.3 is 5.97 Å². The van der Waals surface area contributed by atoms with E-state index >= 15 is 0 Å². The van der Waals surface area contributed by atoms with Crippen LogP contribution in [0.3, 0.4) is 0 Å². The van der Waals surface area contributed by atoms with Crippen LogP contribution in [0.5, 0.6) is 5.75 Å². The maximum atomic E-state index is 12.4. The lowest BCUT2D eigenvalue weighted by Gasteiger charge is -2.21. The predicted molar refractivity (Wildman–Crippen MR) is 93.0 cm³/mol. The second-order valence-electron chi connectivity index (χ2n) is 5.99. The van der Waals surface area contributed by atoms with Gasteiger partial charge in [0.2, 0.25) is 0 Å². The Morgan fingerprint density at radius 1 is 1.04 bits per heavy atom. The third-order valence-electron chi connectivity index (χ3n) is 4.18. The Morgan fingerprint density at radius 2 is 1.52 bits per heavy atom. The molecule has 0 N–H and O–H groups in total. The minimum atomic E-state index is -1.04. The van der Waals surface area contributed by atoms with Gasteiger partial charge in [0, 0.05) is 5.02 Å². The summed E-state index contributed by atoms with van der Waals surface area (Å²) in [6, 6.07) is 8.73. The number of hydrogen-bond acceptors (Lipinski definition) is 4. The van der Waals surface area contributed by atoms with Gasteiger partial charge in [-0.3, -0.25) is 14.5 Å². The number of carbonyl (C=O) groups excluding carboxylic acids is 3.